The van der Waals surface area contributed by atoms with Crippen molar-refractivity contribution >= 4 is 35.0 Å². The van der Waals surface area contributed by atoms with E-state index in [0.717, 1.165) is 16.8 Å². The highest BCUT2D eigenvalue weighted by Crippen LogP contribution is 2.30. The van der Waals surface area contributed by atoms with E-state index in [1.54, 1.807) is 26.0 Å². The summed E-state index contributed by atoms with van der Waals surface area (Å²) in [5.74, 6) is 0.763. The van der Waals surface area contributed by atoms with Crippen molar-refractivity contribution in [2.24, 2.45) is 0 Å². The van der Waals surface area contributed by atoms with Gasteiger partial charge >= 0.3 is 0 Å². The molecule has 0 fully saturated rings. The van der Waals surface area contributed by atoms with Crippen molar-refractivity contribution < 1.29 is 9.72 Å². The zero-order chi connectivity index (χ0) is 25.8. The predicted molar refractivity (Wildman–Crippen MR) is 141 cm³/mol. The van der Waals surface area contributed by atoms with Crippen molar-refractivity contribution in [2.45, 2.75) is 37.7 Å². The van der Waals surface area contributed by atoms with Crippen LogP contribution in [-0.2, 0) is 5.75 Å². The Bertz CT molecular complexity index is 1420. The summed E-state index contributed by atoms with van der Waals surface area (Å²) in [6, 6.07) is 19.5. The number of benzene rings is 3. The summed E-state index contributed by atoms with van der Waals surface area (Å²) in [6.45, 7) is 5.40. The van der Waals surface area contributed by atoms with E-state index in [1.807, 2.05) is 60.0 Å². The third-order valence-corrected chi connectivity index (χ3v) is 6.92. The fourth-order valence-corrected chi connectivity index (χ4v) is 4.79. The molecule has 1 amide bonds. The van der Waals surface area contributed by atoms with Gasteiger partial charge in [0.15, 0.2) is 11.0 Å². The highest BCUT2D eigenvalue weighted by atomic mass is 35.5. The quantitative estimate of drug-likeness (QED) is 0.167. The molecule has 4 aromatic rings. The molecule has 36 heavy (non-hydrogen) atoms. The van der Waals surface area contributed by atoms with E-state index in [-0.39, 0.29) is 11.3 Å². The van der Waals surface area contributed by atoms with Crippen LogP contribution in [0.5, 0.6) is 0 Å². The van der Waals surface area contributed by atoms with Crippen LogP contribution >= 0.6 is 23.4 Å². The Morgan fingerprint density at radius 3 is 2.53 bits per heavy atom. The van der Waals surface area contributed by atoms with Gasteiger partial charge < -0.3 is 5.32 Å². The monoisotopic (exact) mass is 521 g/mol. The Kier molecular flexibility index (Phi) is 7.71. The highest BCUT2D eigenvalue weighted by Gasteiger charge is 2.24. The number of nitro groups is 1. The van der Waals surface area contributed by atoms with Crippen molar-refractivity contribution in [3.05, 3.63) is 110 Å². The smallest absolute Gasteiger partial charge is 0.273 e. The van der Waals surface area contributed by atoms with Crippen LogP contribution in [0.3, 0.4) is 0 Å². The molecule has 1 atom stereocenters. The molecule has 3 aromatic carbocycles. The Morgan fingerprint density at radius 1 is 1.08 bits per heavy atom. The van der Waals surface area contributed by atoms with E-state index < -0.39 is 16.9 Å². The lowest BCUT2D eigenvalue weighted by Gasteiger charge is -2.18. The number of thioether (sulfide) groups is 1. The summed E-state index contributed by atoms with van der Waals surface area (Å²) in [5.41, 5.74) is 3.50. The van der Waals surface area contributed by atoms with Crippen LogP contribution in [0.15, 0.2) is 71.9 Å². The lowest BCUT2D eigenvalue weighted by molar-refractivity contribution is -0.385. The fourth-order valence-electron chi connectivity index (χ4n) is 3.72. The Labute approximate surface area is 217 Å². The number of carbonyl (C=O) groups is 1. The molecule has 0 aliphatic carbocycles. The number of aromatic nitrogens is 3. The number of aryl methyl sites for hydroxylation is 2. The zero-order valence-electron chi connectivity index (χ0n) is 19.9. The van der Waals surface area contributed by atoms with E-state index in [1.165, 1.54) is 17.8 Å². The molecule has 4 rings (SSSR count). The second-order valence-corrected chi connectivity index (χ2v) is 9.71. The number of carbonyl (C=O) groups excluding carboxylic acids is 1. The number of amides is 1. The summed E-state index contributed by atoms with van der Waals surface area (Å²) in [7, 11) is 0. The molecule has 0 bridgehead atoms. The van der Waals surface area contributed by atoms with E-state index in [9.17, 15) is 14.9 Å². The summed E-state index contributed by atoms with van der Waals surface area (Å²) in [4.78, 5) is 23.8. The van der Waals surface area contributed by atoms with E-state index in [2.05, 4.69) is 15.5 Å². The van der Waals surface area contributed by atoms with Gasteiger partial charge in [0.25, 0.3) is 11.6 Å². The van der Waals surface area contributed by atoms with Crippen LogP contribution in [0.2, 0.25) is 5.02 Å². The van der Waals surface area contributed by atoms with Gasteiger partial charge in [0.05, 0.1) is 16.7 Å². The van der Waals surface area contributed by atoms with Crippen LogP contribution in [0.1, 0.15) is 45.8 Å². The minimum absolute atomic E-state index is 0.104. The number of hydrogen-bond donors (Lipinski definition) is 1. The molecule has 0 aliphatic heterocycles. The zero-order valence-corrected chi connectivity index (χ0v) is 21.5. The van der Waals surface area contributed by atoms with Crippen LogP contribution in [0.25, 0.3) is 5.69 Å². The van der Waals surface area contributed by atoms with E-state index in [0.29, 0.717) is 27.3 Å². The third kappa shape index (κ3) is 5.58. The highest BCUT2D eigenvalue weighted by molar-refractivity contribution is 7.98. The normalized spacial score (nSPS) is 11.8. The third-order valence-electron chi connectivity index (χ3n) is 5.68. The van der Waals surface area contributed by atoms with Crippen molar-refractivity contribution in [1.29, 1.82) is 0 Å². The molecular weight excluding hydrogens is 498 g/mol. The van der Waals surface area contributed by atoms with Gasteiger partial charge in [-0.15, -0.1) is 10.2 Å². The van der Waals surface area contributed by atoms with Gasteiger partial charge in [-0.2, -0.15) is 0 Å². The maximum atomic E-state index is 13.0. The second kappa shape index (κ2) is 10.9. The average Bonchev–Trinajstić information content (AvgIpc) is 3.28. The minimum Gasteiger partial charge on any atom is -0.342 e. The van der Waals surface area contributed by atoms with Crippen molar-refractivity contribution in [3.63, 3.8) is 0 Å². The predicted octanol–water partition coefficient (Wildman–Crippen LogP) is 6.23. The van der Waals surface area contributed by atoms with Crippen molar-refractivity contribution in [2.75, 3.05) is 0 Å². The van der Waals surface area contributed by atoms with Crippen LogP contribution in [0.4, 0.5) is 5.69 Å². The van der Waals surface area contributed by atoms with Gasteiger partial charge in [-0.25, -0.2) is 0 Å². The van der Waals surface area contributed by atoms with Crippen LogP contribution in [0, 0.1) is 24.0 Å². The molecule has 1 N–H and O–H groups in total. The molecule has 10 heteroatoms. The molecule has 0 spiro atoms. The molecule has 0 radical (unpaired) electrons. The summed E-state index contributed by atoms with van der Waals surface area (Å²) in [6.07, 6.45) is 0. The maximum absolute atomic E-state index is 13.0. The first kappa shape index (κ1) is 25.4. The van der Waals surface area contributed by atoms with E-state index in [4.69, 9.17) is 11.6 Å². The van der Waals surface area contributed by atoms with E-state index >= 15 is 0 Å². The maximum Gasteiger partial charge on any atom is 0.273 e. The number of nitrogens with one attached hydrogen (secondary N) is 1. The van der Waals surface area contributed by atoms with Gasteiger partial charge in [-0.3, -0.25) is 19.5 Å². The van der Waals surface area contributed by atoms with Crippen molar-refractivity contribution in [1.82, 2.24) is 20.1 Å². The number of rotatable bonds is 8. The van der Waals surface area contributed by atoms with Gasteiger partial charge in [0.1, 0.15) is 0 Å². The van der Waals surface area contributed by atoms with Gasteiger partial charge in [0, 0.05) is 28.0 Å². The minimum atomic E-state index is -0.546. The summed E-state index contributed by atoms with van der Waals surface area (Å²) < 4.78 is 1.90. The standard InChI is InChI=1S/C26H24ClN5O3S/c1-16-10-12-21(27)14-22(16)31-24(29-30-26(31)36-15-19-7-5-4-6-8-19)18(3)28-25(33)20-11-9-17(2)23(13-20)32(34)35/h4-14,18H,15H2,1-3H3,(H,28,33). The largest absolute Gasteiger partial charge is 0.342 e. The Balaban J connectivity index is 1.67. The SMILES string of the molecule is Cc1ccc(Cl)cc1-n1c(SCc2ccccc2)nnc1C(C)NC(=O)c1ccc(C)c([N+](=O)[O-])c1. The Hall–Kier alpha value is -3.69. The first-order chi connectivity index (χ1) is 17.2. The van der Waals surface area contributed by atoms with Gasteiger partial charge in [0.2, 0.25) is 0 Å². The fraction of sp³-hybridized carbons (Fsp3) is 0.192. The molecule has 1 aromatic heterocycles. The lowest BCUT2D eigenvalue weighted by atomic mass is 10.1. The number of halogens is 1. The molecule has 0 saturated carbocycles. The topological polar surface area (TPSA) is 103 Å². The first-order valence-electron chi connectivity index (χ1n) is 11.2. The molecule has 0 saturated heterocycles. The molecule has 0 aliphatic rings. The van der Waals surface area contributed by atoms with Crippen LogP contribution in [-0.4, -0.2) is 25.6 Å². The molecule has 1 unspecified atom stereocenters. The molecule has 184 valence electrons. The summed E-state index contributed by atoms with van der Waals surface area (Å²) >= 11 is 7.85. The molecule has 1 heterocycles. The first-order valence-corrected chi connectivity index (χ1v) is 12.6. The number of nitro benzene ring substituents is 1. The lowest BCUT2D eigenvalue weighted by Crippen LogP contribution is -2.28. The summed E-state index contributed by atoms with van der Waals surface area (Å²) in [5, 5.41) is 24.3. The Morgan fingerprint density at radius 2 is 1.81 bits per heavy atom. The van der Waals surface area contributed by atoms with Crippen molar-refractivity contribution in [3.8, 4) is 5.69 Å². The molecular formula is C26H24ClN5O3S. The second-order valence-electron chi connectivity index (χ2n) is 8.33. The number of hydrogen-bond acceptors (Lipinski definition) is 6. The van der Waals surface area contributed by atoms with Gasteiger partial charge in [-0.1, -0.05) is 65.8 Å². The van der Waals surface area contributed by atoms with Gasteiger partial charge in [-0.05, 0) is 50.1 Å². The number of nitrogens with zero attached hydrogens (tertiary/aromatic N) is 4. The molecule has 8 nitrogen and oxygen atoms in total. The average molecular weight is 522 g/mol. The van der Waals surface area contributed by atoms with Crippen LogP contribution < -0.4 is 5.32 Å².